The molecule has 1 N–H and O–H groups in total. The first-order chi connectivity index (χ1) is 13.3. The standard InChI is InChI=1S/C19H19ClN4O3S/c1-13(25)14-2-4-15(5-3-14)22-8-10-23(11-9-22)19(28)21-18-12-16(24(26)27)6-7-17(18)20/h2-7,12H,8-11H2,1H3,(H,21,28). The fourth-order valence-corrected chi connectivity index (χ4v) is 3.45. The van der Waals surface area contributed by atoms with Crippen LogP contribution in [-0.4, -0.2) is 46.9 Å². The van der Waals surface area contributed by atoms with Gasteiger partial charge in [-0.25, -0.2) is 0 Å². The second-order valence-corrected chi connectivity index (χ2v) is 7.22. The molecule has 2 aromatic rings. The minimum atomic E-state index is -0.472. The Kier molecular flexibility index (Phi) is 6.11. The highest BCUT2D eigenvalue weighted by Crippen LogP contribution is 2.27. The summed E-state index contributed by atoms with van der Waals surface area (Å²) in [6.45, 7) is 4.49. The molecule has 0 bridgehead atoms. The third-order valence-corrected chi connectivity index (χ3v) is 5.30. The Morgan fingerprint density at radius 1 is 1.14 bits per heavy atom. The van der Waals surface area contributed by atoms with Gasteiger partial charge in [-0.2, -0.15) is 0 Å². The van der Waals surface area contributed by atoms with Crippen molar-refractivity contribution in [1.82, 2.24) is 4.90 Å². The number of nitro groups is 1. The number of thiocarbonyl (C=S) groups is 1. The quantitative estimate of drug-likeness (QED) is 0.348. The Labute approximate surface area is 173 Å². The van der Waals surface area contributed by atoms with Crippen LogP contribution in [0.3, 0.4) is 0 Å². The molecule has 0 unspecified atom stereocenters. The molecule has 0 atom stereocenters. The zero-order chi connectivity index (χ0) is 20.3. The van der Waals surface area contributed by atoms with Crippen molar-refractivity contribution in [2.45, 2.75) is 6.92 Å². The molecule has 0 aliphatic carbocycles. The predicted octanol–water partition coefficient (Wildman–Crippen LogP) is 3.97. The van der Waals surface area contributed by atoms with E-state index in [-0.39, 0.29) is 11.5 Å². The smallest absolute Gasteiger partial charge is 0.271 e. The third-order valence-electron chi connectivity index (χ3n) is 4.61. The molecule has 146 valence electrons. The van der Waals surface area contributed by atoms with Crippen LogP contribution < -0.4 is 10.2 Å². The maximum Gasteiger partial charge on any atom is 0.271 e. The van der Waals surface area contributed by atoms with Crippen molar-refractivity contribution in [1.29, 1.82) is 0 Å². The van der Waals surface area contributed by atoms with E-state index in [2.05, 4.69) is 10.2 Å². The van der Waals surface area contributed by atoms with Gasteiger partial charge in [0, 0.05) is 49.6 Å². The molecule has 0 aromatic heterocycles. The molecule has 7 nitrogen and oxygen atoms in total. The number of anilines is 2. The summed E-state index contributed by atoms with van der Waals surface area (Å²) in [6, 6.07) is 11.8. The van der Waals surface area contributed by atoms with Gasteiger partial charge >= 0.3 is 0 Å². The molecule has 0 amide bonds. The van der Waals surface area contributed by atoms with E-state index < -0.39 is 4.92 Å². The largest absolute Gasteiger partial charge is 0.368 e. The zero-order valence-corrected chi connectivity index (χ0v) is 16.8. The van der Waals surface area contributed by atoms with Crippen molar-refractivity contribution in [2.75, 3.05) is 36.4 Å². The molecule has 2 aromatic carbocycles. The third kappa shape index (κ3) is 4.58. The van der Waals surface area contributed by atoms with Crippen molar-refractivity contribution < 1.29 is 9.72 Å². The number of halogens is 1. The van der Waals surface area contributed by atoms with E-state index in [1.54, 1.807) is 6.92 Å². The fraction of sp³-hybridized carbons (Fsp3) is 0.263. The number of non-ortho nitro benzene ring substituents is 1. The Bertz CT molecular complexity index is 912. The summed E-state index contributed by atoms with van der Waals surface area (Å²) in [6.07, 6.45) is 0. The molecule has 1 heterocycles. The molecular formula is C19H19ClN4O3S. The topological polar surface area (TPSA) is 78.7 Å². The maximum atomic E-state index is 11.4. The molecule has 1 saturated heterocycles. The van der Waals surface area contributed by atoms with Gasteiger partial charge in [0.05, 0.1) is 15.6 Å². The number of hydrogen-bond donors (Lipinski definition) is 1. The lowest BCUT2D eigenvalue weighted by Crippen LogP contribution is -2.50. The van der Waals surface area contributed by atoms with E-state index in [9.17, 15) is 14.9 Å². The van der Waals surface area contributed by atoms with E-state index in [1.165, 1.54) is 18.2 Å². The van der Waals surface area contributed by atoms with E-state index in [0.717, 1.165) is 18.8 Å². The summed E-state index contributed by atoms with van der Waals surface area (Å²) < 4.78 is 0. The maximum absolute atomic E-state index is 11.4. The summed E-state index contributed by atoms with van der Waals surface area (Å²) in [4.78, 5) is 26.1. The molecule has 0 spiro atoms. The SMILES string of the molecule is CC(=O)c1ccc(N2CCN(C(=S)Nc3cc([N+](=O)[O-])ccc3Cl)CC2)cc1. The number of nitrogens with zero attached hydrogens (tertiary/aromatic N) is 3. The number of nitrogens with one attached hydrogen (secondary N) is 1. The molecule has 0 radical (unpaired) electrons. The number of carbonyl (C=O) groups is 1. The highest BCUT2D eigenvalue weighted by atomic mass is 35.5. The molecule has 9 heteroatoms. The lowest BCUT2D eigenvalue weighted by atomic mass is 10.1. The molecule has 1 aliphatic heterocycles. The van der Waals surface area contributed by atoms with Gasteiger partial charge in [0.25, 0.3) is 5.69 Å². The van der Waals surface area contributed by atoms with Crippen molar-refractivity contribution in [2.24, 2.45) is 0 Å². The van der Waals surface area contributed by atoms with Gasteiger partial charge < -0.3 is 15.1 Å². The van der Waals surface area contributed by atoms with Gasteiger partial charge in [-0.15, -0.1) is 0 Å². The lowest BCUT2D eigenvalue weighted by Gasteiger charge is -2.37. The van der Waals surface area contributed by atoms with Gasteiger partial charge in [0.2, 0.25) is 0 Å². The number of hydrogen-bond acceptors (Lipinski definition) is 5. The number of Topliss-reactive ketones (excluding diaryl/α,β-unsaturated/α-hetero) is 1. The monoisotopic (exact) mass is 418 g/mol. The van der Waals surface area contributed by atoms with Crippen LogP contribution >= 0.6 is 23.8 Å². The number of ketones is 1. The Morgan fingerprint density at radius 3 is 2.36 bits per heavy atom. The number of benzene rings is 2. The lowest BCUT2D eigenvalue weighted by molar-refractivity contribution is -0.384. The first kappa shape index (κ1) is 20.0. The zero-order valence-electron chi connectivity index (χ0n) is 15.2. The van der Waals surface area contributed by atoms with Crippen LogP contribution in [-0.2, 0) is 0 Å². The minimum Gasteiger partial charge on any atom is -0.368 e. The number of nitro benzene ring substituents is 1. The van der Waals surface area contributed by atoms with E-state index >= 15 is 0 Å². The first-order valence-electron chi connectivity index (χ1n) is 8.71. The normalized spacial score (nSPS) is 13.9. The van der Waals surface area contributed by atoms with Crippen molar-refractivity contribution >= 4 is 51.8 Å². The summed E-state index contributed by atoms with van der Waals surface area (Å²) in [7, 11) is 0. The van der Waals surface area contributed by atoms with Crippen LogP contribution in [0.25, 0.3) is 0 Å². The average Bonchev–Trinajstić information content (AvgIpc) is 2.69. The first-order valence-corrected chi connectivity index (χ1v) is 9.49. The van der Waals surface area contributed by atoms with Crippen molar-refractivity contribution in [3.8, 4) is 0 Å². The second-order valence-electron chi connectivity index (χ2n) is 6.43. The van der Waals surface area contributed by atoms with Gasteiger partial charge in [-0.1, -0.05) is 11.6 Å². The second kappa shape index (κ2) is 8.53. The van der Waals surface area contributed by atoms with Gasteiger partial charge in [-0.05, 0) is 49.5 Å². The van der Waals surface area contributed by atoms with E-state index in [4.69, 9.17) is 23.8 Å². The van der Waals surface area contributed by atoms with E-state index in [1.807, 2.05) is 29.2 Å². The Morgan fingerprint density at radius 2 is 1.79 bits per heavy atom. The van der Waals surface area contributed by atoms with Crippen LogP contribution in [0.5, 0.6) is 0 Å². The van der Waals surface area contributed by atoms with Crippen molar-refractivity contribution in [3.05, 3.63) is 63.2 Å². The van der Waals surface area contributed by atoms with Gasteiger partial charge in [0.15, 0.2) is 10.9 Å². The molecular weight excluding hydrogens is 400 g/mol. The summed E-state index contributed by atoms with van der Waals surface area (Å²) in [5, 5.41) is 14.8. The predicted molar refractivity (Wildman–Crippen MR) is 115 cm³/mol. The average molecular weight is 419 g/mol. The highest BCUT2D eigenvalue weighted by molar-refractivity contribution is 7.80. The van der Waals surface area contributed by atoms with Crippen LogP contribution in [0.15, 0.2) is 42.5 Å². The van der Waals surface area contributed by atoms with Crippen LogP contribution in [0, 0.1) is 10.1 Å². The minimum absolute atomic E-state index is 0.0477. The molecule has 1 aliphatic rings. The summed E-state index contributed by atoms with van der Waals surface area (Å²) in [5.41, 5.74) is 2.13. The molecule has 0 saturated carbocycles. The van der Waals surface area contributed by atoms with Crippen LogP contribution in [0.2, 0.25) is 5.02 Å². The number of rotatable bonds is 4. The Balaban J connectivity index is 1.60. The Hall–Kier alpha value is -2.71. The highest BCUT2D eigenvalue weighted by Gasteiger charge is 2.20. The van der Waals surface area contributed by atoms with E-state index in [0.29, 0.717) is 34.5 Å². The van der Waals surface area contributed by atoms with Crippen molar-refractivity contribution in [3.63, 3.8) is 0 Å². The number of carbonyl (C=O) groups excluding carboxylic acids is 1. The summed E-state index contributed by atoms with van der Waals surface area (Å²) >= 11 is 11.6. The van der Waals surface area contributed by atoms with Crippen LogP contribution in [0.1, 0.15) is 17.3 Å². The van der Waals surface area contributed by atoms with Gasteiger partial charge in [-0.3, -0.25) is 14.9 Å². The summed E-state index contributed by atoms with van der Waals surface area (Å²) in [5.74, 6) is 0.0487. The number of piperazine rings is 1. The van der Waals surface area contributed by atoms with Gasteiger partial charge in [0.1, 0.15) is 0 Å². The van der Waals surface area contributed by atoms with Crippen LogP contribution in [0.4, 0.5) is 17.1 Å². The molecule has 1 fully saturated rings. The fourth-order valence-electron chi connectivity index (χ4n) is 2.99. The molecule has 28 heavy (non-hydrogen) atoms. The molecule has 3 rings (SSSR count).